The molecule has 0 unspecified atom stereocenters. The molecule has 20 heavy (non-hydrogen) atoms. The van der Waals surface area contributed by atoms with Gasteiger partial charge in [0, 0.05) is 23.7 Å². The lowest BCUT2D eigenvalue weighted by molar-refractivity contribution is 0.500. The molecular formula is C15H16BrN3O. The van der Waals surface area contributed by atoms with Gasteiger partial charge in [-0.1, -0.05) is 25.1 Å². The Morgan fingerprint density at radius 2 is 2.20 bits per heavy atom. The zero-order chi connectivity index (χ0) is 13.9. The Hall–Kier alpha value is -1.59. The van der Waals surface area contributed by atoms with Crippen LogP contribution in [0.2, 0.25) is 0 Å². The van der Waals surface area contributed by atoms with Crippen molar-refractivity contribution in [1.29, 1.82) is 0 Å². The lowest BCUT2D eigenvalue weighted by atomic mass is 10.1. The van der Waals surface area contributed by atoms with Crippen LogP contribution in [0.3, 0.4) is 0 Å². The van der Waals surface area contributed by atoms with Crippen LogP contribution < -0.4 is 5.32 Å². The smallest absolute Gasteiger partial charge is 0.134 e. The van der Waals surface area contributed by atoms with Gasteiger partial charge in [-0.2, -0.15) is 5.10 Å². The molecule has 2 aromatic heterocycles. The van der Waals surface area contributed by atoms with Crippen molar-refractivity contribution in [2.45, 2.75) is 20.0 Å². The van der Waals surface area contributed by atoms with E-state index in [9.17, 15) is 0 Å². The van der Waals surface area contributed by atoms with Gasteiger partial charge in [-0.3, -0.25) is 4.68 Å². The molecule has 0 fully saturated rings. The van der Waals surface area contributed by atoms with E-state index in [2.05, 4.69) is 39.3 Å². The topological polar surface area (TPSA) is 43.0 Å². The van der Waals surface area contributed by atoms with Gasteiger partial charge in [-0.05, 0) is 28.5 Å². The van der Waals surface area contributed by atoms with Crippen molar-refractivity contribution in [3.63, 3.8) is 0 Å². The molecule has 0 bridgehead atoms. The molecule has 0 atom stereocenters. The number of hydrogen-bond donors (Lipinski definition) is 1. The quantitative estimate of drug-likeness (QED) is 0.776. The summed E-state index contributed by atoms with van der Waals surface area (Å²) in [5, 5.41) is 8.84. The molecule has 0 saturated heterocycles. The summed E-state index contributed by atoms with van der Waals surface area (Å²) in [6, 6.07) is 8.15. The minimum Gasteiger partial charge on any atom is -0.459 e. The minimum absolute atomic E-state index is 0.640. The molecule has 1 N–H and O–H groups in total. The zero-order valence-electron chi connectivity index (χ0n) is 11.3. The summed E-state index contributed by atoms with van der Waals surface area (Å²) < 4.78 is 8.84. The average molecular weight is 334 g/mol. The van der Waals surface area contributed by atoms with Crippen LogP contribution in [0.15, 0.2) is 45.5 Å². The van der Waals surface area contributed by atoms with Crippen LogP contribution in [-0.2, 0) is 13.1 Å². The molecule has 3 aromatic rings. The molecule has 0 saturated carbocycles. The van der Waals surface area contributed by atoms with Crippen molar-refractivity contribution in [3.8, 4) is 0 Å². The Morgan fingerprint density at radius 1 is 1.35 bits per heavy atom. The lowest BCUT2D eigenvalue weighted by Crippen LogP contribution is -2.13. The molecule has 3 rings (SSSR count). The second-order valence-electron chi connectivity index (χ2n) is 4.64. The molecule has 4 nitrogen and oxygen atoms in total. The maximum Gasteiger partial charge on any atom is 0.134 e. The monoisotopic (exact) mass is 333 g/mol. The largest absolute Gasteiger partial charge is 0.459 e. The number of furan rings is 1. The summed E-state index contributed by atoms with van der Waals surface area (Å²) in [5.74, 6) is 0.961. The molecule has 104 valence electrons. The first-order valence-electron chi connectivity index (χ1n) is 6.66. The number of rotatable bonds is 5. The third kappa shape index (κ3) is 2.64. The Kier molecular flexibility index (Phi) is 3.89. The van der Waals surface area contributed by atoms with Crippen LogP contribution >= 0.6 is 15.9 Å². The van der Waals surface area contributed by atoms with E-state index < -0.39 is 0 Å². The predicted octanol–water partition coefficient (Wildman–Crippen LogP) is 3.55. The molecule has 0 spiro atoms. The molecule has 1 aromatic carbocycles. The number of halogens is 1. The normalized spacial score (nSPS) is 11.3. The Labute approximate surface area is 125 Å². The van der Waals surface area contributed by atoms with E-state index in [-0.39, 0.29) is 0 Å². The second kappa shape index (κ2) is 5.81. The van der Waals surface area contributed by atoms with Crippen LogP contribution in [-0.4, -0.2) is 16.3 Å². The fourth-order valence-electron chi connectivity index (χ4n) is 2.29. The fraction of sp³-hybridized carbons (Fsp3) is 0.267. The number of benzene rings is 1. The van der Waals surface area contributed by atoms with Gasteiger partial charge in [-0.15, -0.1) is 0 Å². The standard InChI is InChI=1S/C15H16BrN3O/c1-2-17-8-13-12-5-3-4-6-14(12)20-15(13)10-19-9-11(16)7-18-19/h3-7,9,17H,2,8,10H2,1H3. The first kappa shape index (κ1) is 13.4. The van der Waals surface area contributed by atoms with Crippen LogP contribution in [0.1, 0.15) is 18.2 Å². The molecule has 0 radical (unpaired) electrons. The van der Waals surface area contributed by atoms with Crippen molar-refractivity contribution < 1.29 is 4.42 Å². The third-order valence-corrected chi connectivity index (χ3v) is 3.65. The van der Waals surface area contributed by atoms with E-state index in [1.807, 2.05) is 29.1 Å². The van der Waals surface area contributed by atoms with E-state index in [4.69, 9.17) is 4.42 Å². The summed E-state index contributed by atoms with van der Waals surface area (Å²) in [6.07, 6.45) is 3.73. The van der Waals surface area contributed by atoms with E-state index in [0.29, 0.717) is 6.54 Å². The summed E-state index contributed by atoms with van der Waals surface area (Å²) in [6.45, 7) is 4.49. The van der Waals surface area contributed by atoms with Crippen molar-refractivity contribution in [3.05, 3.63) is 52.5 Å². The summed E-state index contributed by atoms with van der Waals surface area (Å²) >= 11 is 3.41. The van der Waals surface area contributed by atoms with Crippen LogP contribution in [0.25, 0.3) is 11.0 Å². The van der Waals surface area contributed by atoms with Gasteiger partial charge >= 0.3 is 0 Å². The van der Waals surface area contributed by atoms with Gasteiger partial charge in [0.1, 0.15) is 11.3 Å². The molecular weight excluding hydrogens is 318 g/mol. The number of hydrogen-bond acceptors (Lipinski definition) is 3. The van der Waals surface area contributed by atoms with Gasteiger partial charge in [0.25, 0.3) is 0 Å². The third-order valence-electron chi connectivity index (χ3n) is 3.24. The van der Waals surface area contributed by atoms with E-state index in [1.54, 1.807) is 6.20 Å². The predicted molar refractivity (Wildman–Crippen MR) is 82.6 cm³/mol. The maximum atomic E-state index is 5.99. The number of para-hydroxylation sites is 1. The van der Waals surface area contributed by atoms with E-state index >= 15 is 0 Å². The van der Waals surface area contributed by atoms with Crippen LogP contribution in [0.4, 0.5) is 0 Å². The van der Waals surface area contributed by atoms with Crippen molar-refractivity contribution in [1.82, 2.24) is 15.1 Å². The first-order chi connectivity index (χ1) is 9.78. The second-order valence-corrected chi connectivity index (χ2v) is 5.55. The molecule has 5 heteroatoms. The van der Waals surface area contributed by atoms with Gasteiger partial charge in [-0.25, -0.2) is 0 Å². The minimum atomic E-state index is 0.640. The highest BCUT2D eigenvalue weighted by Gasteiger charge is 2.14. The highest BCUT2D eigenvalue weighted by Crippen LogP contribution is 2.26. The van der Waals surface area contributed by atoms with Gasteiger partial charge in [0.15, 0.2) is 0 Å². The Bertz CT molecular complexity index is 717. The summed E-state index contributed by atoms with van der Waals surface area (Å²) in [4.78, 5) is 0. The van der Waals surface area contributed by atoms with Crippen molar-refractivity contribution >= 4 is 26.9 Å². The molecule has 0 aliphatic carbocycles. The molecule has 0 amide bonds. The lowest BCUT2D eigenvalue weighted by Gasteiger charge is -2.04. The van der Waals surface area contributed by atoms with E-state index in [0.717, 1.165) is 28.9 Å². The van der Waals surface area contributed by atoms with E-state index in [1.165, 1.54) is 10.9 Å². The van der Waals surface area contributed by atoms with Crippen LogP contribution in [0, 0.1) is 0 Å². The fourth-order valence-corrected chi connectivity index (χ4v) is 2.62. The number of nitrogens with zero attached hydrogens (tertiary/aromatic N) is 2. The molecule has 0 aliphatic heterocycles. The Morgan fingerprint density at radius 3 is 2.95 bits per heavy atom. The summed E-state index contributed by atoms with van der Waals surface area (Å²) in [7, 11) is 0. The highest BCUT2D eigenvalue weighted by atomic mass is 79.9. The van der Waals surface area contributed by atoms with Gasteiger partial charge in [0.2, 0.25) is 0 Å². The number of fused-ring (bicyclic) bond motifs is 1. The van der Waals surface area contributed by atoms with Crippen molar-refractivity contribution in [2.24, 2.45) is 0 Å². The maximum absolute atomic E-state index is 5.99. The van der Waals surface area contributed by atoms with Gasteiger partial charge < -0.3 is 9.73 Å². The van der Waals surface area contributed by atoms with Crippen molar-refractivity contribution in [2.75, 3.05) is 6.54 Å². The number of aromatic nitrogens is 2. The number of nitrogens with one attached hydrogen (secondary N) is 1. The molecule has 2 heterocycles. The highest BCUT2D eigenvalue weighted by molar-refractivity contribution is 9.10. The Balaban J connectivity index is 1.99. The molecule has 0 aliphatic rings. The average Bonchev–Trinajstić information content (AvgIpc) is 3.00. The van der Waals surface area contributed by atoms with Gasteiger partial charge in [0.05, 0.1) is 17.2 Å². The summed E-state index contributed by atoms with van der Waals surface area (Å²) in [5.41, 5.74) is 2.15. The zero-order valence-corrected chi connectivity index (χ0v) is 12.9. The SMILES string of the molecule is CCNCc1c(Cn2cc(Br)cn2)oc2ccccc12. The van der Waals surface area contributed by atoms with Crippen LogP contribution in [0.5, 0.6) is 0 Å². The first-order valence-corrected chi connectivity index (χ1v) is 7.45.